The Bertz CT molecular complexity index is 710. The Balaban J connectivity index is 1.33. The Morgan fingerprint density at radius 2 is 1.92 bits per heavy atom. The second-order valence-electron chi connectivity index (χ2n) is 6.53. The van der Waals surface area contributed by atoms with E-state index in [9.17, 15) is 4.79 Å². The monoisotopic (exact) mass is 323 g/mol. The zero-order valence-electron chi connectivity index (χ0n) is 13.5. The Labute approximate surface area is 141 Å². The summed E-state index contributed by atoms with van der Waals surface area (Å²) in [5.41, 5.74) is 1.89. The molecular formula is C19H21N3O2. The molecule has 2 aromatic rings. The van der Waals surface area contributed by atoms with Crippen molar-refractivity contribution in [3.05, 3.63) is 59.9 Å². The Morgan fingerprint density at radius 1 is 1.17 bits per heavy atom. The van der Waals surface area contributed by atoms with E-state index in [-0.39, 0.29) is 12.0 Å². The largest absolute Gasteiger partial charge is 0.487 e. The number of hydrogen-bond acceptors (Lipinski definition) is 4. The van der Waals surface area contributed by atoms with Crippen LogP contribution in [0.3, 0.4) is 0 Å². The molecule has 0 unspecified atom stereocenters. The minimum atomic E-state index is -0.0268. The third kappa shape index (κ3) is 3.57. The van der Waals surface area contributed by atoms with Gasteiger partial charge in [-0.2, -0.15) is 0 Å². The fraction of sp³-hybridized carbons (Fsp3) is 0.368. The number of carbonyl (C=O) groups is 1. The van der Waals surface area contributed by atoms with Crippen LogP contribution in [0, 0.1) is 0 Å². The number of nitrogens with one attached hydrogen (secondary N) is 1. The fourth-order valence-electron chi connectivity index (χ4n) is 2.90. The molecule has 4 rings (SSSR count). The maximum absolute atomic E-state index is 12.3. The highest BCUT2D eigenvalue weighted by molar-refractivity contribution is 5.97. The van der Waals surface area contributed by atoms with Crippen LogP contribution in [0.25, 0.3) is 0 Å². The summed E-state index contributed by atoms with van der Waals surface area (Å²) >= 11 is 0. The second kappa shape index (κ2) is 6.61. The van der Waals surface area contributed by atoms with Crippen LogP contribution in [0.15, 0.2) is 48.8 Å². The molecule has 1 aliphatic carbocycles. The molecule has 124 valence electrons. The third-order valence-corrected chi connectivity index (χ3v) is 4.42. The first kappa shape index (κ1) is 15.1. The molecule has 0 bridgehead atoms. The second-order valence-corrected chi connectivity index (χ2v) is 6.53. The average Bonchev–Trinajstić information content (AvgIpc) is 3.38. The van der Waals surface area contributed by atoms with Gasteiger partial charge in [-0.3, -0.25) is 14.7 Å². The van der Waals surface area contributed by atoms with Crippen molar-refractivity contribution in [1.82, 2.24) is 15.2 Å². The summed E-state index contributed by atoms with van der Waals surface area (Å²) in [7, 11) is 0. The van der Waals surface area contributed by atoms with Gasteiger partial charge in [0.1, 0.15) is 11.9 Å². The van der Waals surface area contributed by atoms with Crippen molar-refractivity contribution < 1.29 is 9.53 Å². The van der Waals surface area contributed by atoms with Crippen LogP contribution in [-0.4, -0.2) is 41.0 Å². The van der Waals surface area contributed by atoms with E-state index >= 15 is 0 Å². The normalized spacial score (nSPS) is 18.0. The van der Waals surface area contributed by atoms with E-state index in [2.05, 4.69) is 15.2 Å². The highest BCUT2D eigenvalue weighted by Crippen LogP contribution is 2.25. The number of amides is 1. The van der Waals surface area contributed by atoms with Crippen LogP contribution in [0.2, 0.25) is 0 Å². The lowest BCUT2D eigenvalue weighted by molar-refractivity contribution is 0.0140. The molecule has 1 aromatic heterocycles. The quantitative estimate of drug-likeness (QED) is 0.886. The summed E-state index contributed by atoms with van der Waals surface area (Å²) in [4.78, 5) is 18.7. The maximum Gasteiger partial charge on any atom is 0.255 e. The lowest BCUT2D eigenvalue weighted by Gasteiger charge is -2.39. The predicted molar refractivity (Wildman–Crippen MR) is 90.9 cm³/mol. The highest BCUT2D eigenvalue weighted by Gasteiger charge is 2.30. The van der Waals surface area contributed by atoms with Gasteiger partial charge < -0.3 is 10.1 Å². The Morgan fingerprint density at radius 3 is 2.67 bits per heavy atom. The summed E-state index contributed by atoms with van der Waals surface area (Å²) in [6, 6.07) is 11.9. The number of nitrogens with zero attached hydrogens (tertiary/aromatic N) is 2. The molecule has 0 atom stereocenters. The van der Waals surface area contributed by atoms with Crippen molar-refractivity contribution in [1.29, 1.82) is 0 Å². The number of pyridine rings is 1. The average molecular weight is 323 g/mol. The van der Waals surface area contributed by atoms with Crippen LogP contribution in [-0.2, 0) is 6.54 Å². The van der Waals surface area contributed by atoms with E-state index in [1.54, 1.807) is 0 Å². The molecule has 24 heavy (non-hydrogen) atoms. The molecule has 1 saturated carbocycles. The number of likely N-dealkylation sites (tertiary alicyclic amines) is 1. The van der Waals surface area contributed by atoms with E-state index < -0.39 is 0 Å². The van der Waals surface area contributed by atoms with Crippen LogP contribution in [0.1, 0.15) is 28.8 Å². The molecular weight excluding hydrogens is 302 g/mol. The van der Waals surface area contributed by atoms with E-state index in [0.717, 1.165) is 32.5 Å². The molecule has 1 aromatic carbocycles. The van der Waals surface area contributed by atoms with Gasteiger partial charge >= 0.3 is 0 Å². The lowest BCUT2D eigenvalue weighted by Crippen LogP contribution is -2.53. The van der Waals surface area contributed by atoms with E-state index in [4.69, 9.17) is 4.74 Å². The smallest absolute Gasteiger partial charge is 0.255 e. The summed E-state index contributed by atoms with van der Waals surface area (Å²) in [6.07, 6.45) is 5.94. The first-order chi connectivity index (χ1) is 11.8. The molecule has 5 nitrogen and oxygen atoms in total. The van der Waals surface area contributed by atoms with Gasteiger partial charge in [0.25, 0.3) is 5.91 Å². The van der Waals surface area contributed by atoms with Crippen LogP contribution < -0.4 is 10.1 Å². The number of hydrogen-bond donors (Lipinski definition) is 1. The molecule has 1 saturated heterocycles. The van der Waals surface area contributed by atoms with Gasteiger partial charge in [0, 0.05) is 38.1 Å². The molecule has 2 fully saturated rings. The van der Waals surface area contributed by atoms with Crippen molar-refractivity contribution in [2.45, 2.75) is 31.5 Å². The predicted octanol–water partition coefficient (Wildman–Crippen LogP) is 2.24. The molecule has 5 heteroatoms. The molecule has 1 aliphatic heterocycles. The van der Waals surface area contributed by atoms with Crippen molar-refractivity contribution in [3.8, 4) is 5.75 Å². The van der Waals surface area contributed by atoms with E-state index in [0.29, 0.717) is 17.4 Å². The van der Waals surface area contributed by atoms with E-state index in [1.165, 1.54) is 5.56 Å². The Hall–Kier alpha value is -2.40. The summed E-state index contributed by atoms with van der Waals surface area (Å²) in [5.74, 6) is 0.658. The van der Waals surface area contributed by atoms with Crippen molar-refractivity contribution in [3.63, 3.8) is 0 Å². The van der Waals surface area contributed by atoms with Gasteiger partial charge in [-0.25, -0.2) is 0 Å². The number of aromatic nitrogens is 1. The number of ether oxygens (including phenoxy) is 1. The summed E-state index contributed by atoms with van der Waals surface area (Å²) < 4.78 is 6.06. The maximum atomic E-state index is 12.3. The molecule has 1 amide bonds. The molecule has 2 aliphatic rings. The topological polar surface area (TPSA) is 54.5 Å². The van der Waals surface area contributed by atoms with Gasteiger partial charge in [-0.1, -0.05) is 12.1 Å². The number of rotatable bonds is 6. The number of carbonyl (C=O) groups excluding carboxylic acids is 1. The summed E-state index contributed by atoms with van der Waals surface area (Å²) in [6.45, 7) is 2.66. The van der Waals surface area contributed by atoms with Gasteiger partial charge in [0.2, 0.25) is 0 Å². The van der Waals surface area contributed by atoms with Gasteiger partial charge in [0.05, 0.1) is 5.56 Å². The van der Waals surface area contributed by atoms with Gasteiger partial charge in [-0.05, 0) is 42.7 Å². The standard InChI is InChI=1S/C19H21N3O2/c23-19(21-15-5-6-15)17-3-1-2-4-18(17)24-16-12-22(13-16)11-14-7-9-20-10-8-14/h1-4,7-10,15-16H,5-6,11-13H2,(H,21,23). The van der Waals surface area contributed by atoms with Crippen molar-refractivity contribution >= 4 is 5.91 Å². The number of benzene rings is 1. The number of para-hydroxylation sites is 1. The van der Waals surface area contributed by atoms with Crippen LogP contribution in [0.5, 0.6) is 5.75 Å². The molecule has 1 N–H and O–H groups in total. The molecule has 0 radical (unpaired) electrons. The minimum absolute atomic E-state index is 0.0268. The van der Waals surface area contributed by atoms with E-state index in [1.807, 2.05) is 48.8 Å². The first-order valence-corrected chi connectivity index (χ1v) is 8.46. The summed E-state index contributed by atoms with van der Waals surface area (Å²) in [5, 5.41) is 3.03. The lowest BCUT2D eigenvalue weighted by atomic mass is 10.1. The first-order valence-electron chi connectivity index (χ1n) is 8.46. The SMILES string of the molecule is O=C(NC1CC1)c1ccccc1OC1CN(Cc2ccncc2)C1. The Kier molecular flexibility index (Phi) is 4.17. The van der Waals surface area contributed by atoms with Crippen molar-refractivity contribution in [2.24, 2.45) is 0 Å². The minimum Gasteiger partial charge on any atom is -0.487 e. The molecule has 0 spiro atoms. The van der Waals surface area contributed by atoms with Crippen molar-refractivity contribution in [2.75, 3.05) is 13.1 Å². The van der Waals surface area contributed by atoms with Gasteiger partial charge in [0.15, 0.2) is 0 Å². The van der Waals surface area contributed by atoms with Gasteiger partial charge in [-0.15, -0.1) is 0 Å². The van der Waals surface area contributed by atoms with Crippen LogP contribution in [0.4, 0.5) is 0 Å². The third-order valence-electron chi connectivity index (χ3n) is 4.42. The zero-order chi connectivity index (χ0) is 16.4. The van der Waals surface area contributed by atoms with Crippen LogP contribution >= 0.6 is 0 Å². The highest BCUT2D eigenvalue weighted by atomic mass is 16.5. The fourth-order valence-corrected chi connectivity index (χ4v) is 2.90. The molecule has 2 heterocycles. The zero-order valence-corrected chi connectivity index (χ0v) is 13.5.